The Morgan fingerprint density at radius 1 is 1.16 bits per heavy atom. The number of fused-ring (bicyclic) bond motifs is 1. The summed E-state index contributed by atoms with van der Waals surface area (Å²) in [5.74, 6) is 0.694. The fourth-order valence-electron chi connectivity index (χ4n) is 3.36. The molecule has 9 nitrogen and oxygen atoms in total. The van der Waals surface area contributed by atoms with Gasteiger partial charge in [-0.15, -0.1) is 10.2 Å². The molecule has 13 heteroatoms. The van der Waals surface area contributed by atoms with Gasteiger partial charge in [-0.1, -0.05) is 11.6 Å². The van der Waals surface area contributed by atoms with Crippen molar-refractivity contribution in [3.63, 3.8) is 0 Å². The average molecular weight is 470 g/mol. The second-order valence-corrected chi connectivity index (χ2v) is 7.53. The summed E-state index contributed by atoms with van der Waals surface area (Å²) in [4.78, 5) is 23.6. The molecular weight excluding hydrogens is 451 g/mol. The number of nitrogens with zero attached hydrogens (tertiary/aromatic N) is 6. The van der Waals surface area contributed by atoms with Crippen LogP contribution >= 0.6 is 11.6 Å². The van der Waals surface area contributed by atoms with E-state index in [-0.39, 0.29) is 17.0 Å². The standard InChI is InChI=1S/C19H19ClF3N7O2/c20-16-13-3-9-32-15(13)17(28-27-16)24-4-1-2-14(31)29-5-7-30(8-6-29)18-25-10-12(11-26-18)19(21,22)23/h3,9-11H,1-2,4-8H2,(H,24,28). The van der Waals surface area contributed by atoms with Crippen LogP contribution in [-0.2, 0) is 11.0 Å². The van der Waals surface area contributed by atoms with Gasteiger partial charge in [0.1, 0.15) is 0 Å². The molecule has 170 valence electrons. The minimum atomic E-state index is -4.47. The van der Waals surface area contributed by atoms with Gasteiger partial charge in [0.15, 0.2) is 16.6 Å². The first kappa shape index (κ1) is 22.1. The molecule has 1 aliphatic rings. The van der Waals surface area contributed by atoms with Gasteiger partial charge in [-0.2, -0.15) is 13.2 Å². The Morgan fingerprint density at radius 3 is 2.56 bits per heavy atom. The van der Waals surface area contributed by atoms with Crippen molar-refractivity contribution in [1.29, 1.82) is 0 Å². The Balaban J connectivity index is 1.22. The third-order valence-electron chi connectivity index (χ3n) is 5.08. The Bertz CT molecular complexity index is 1080. The lowest BCUT2D eigenvalue weighted by Crippen LogP contribution is -2.49. The fraction of sp³-hybridized carbons (Fsp3) is 0.421. The Morgan fingerprint density at radius 2 is 1.88 bits per heavy atom. The molecule has 0 radical (unpaired) electrons. The van der Waals surface area contributed by atoms with Gasteiger partial charge in [-0.25, -0.2) is 9.97 Å². The Kier molecular flexibility index (Phi) is 6.31. The van der Waals surface area contributed by atoms with Gasteiger partial charge < -0.3 is 19.5 Å². The maximum atomic E-state index is 12.6. The van der Waals surface area contributed by atoms with Crippen LogP contribution in [0.4, 0.5) is 24.9 Å². The highest BCUT2D eigenvalue weighted by Gasteiger charge is 2.32. The van der Waals surface area contributed by atoms with E-state index in [2.05, 4.69) is 25.5 Å². The van der Waals surface area contributed by atoms with E-state index in [1.165, 1.54) is 6.26 Å². The summed E-state index contributed by atoms with van der Waals surface area (Å²) in [7, 11) is 0. The quantitative estimate of drug-likeness (QED) is 0.549. The predicted octanol–water partition coefficient (Wildman–Crippen LogP) is 3.23. The van der Waals surface area contributed by atoms with Crippen LogP contribution in [0.1, 0.15) is 18.4 Å². The molecule has 4 heterocycles. The first-order chi connectivity index (χ1) is 15.3. The van der Waals surface area contributed by atoms with Gasteiger partial charge in [0.25, 0.3) is 0 Å². The molecule has 1 fully saturated rings. The van der Waals surface area contributed by atoms with Crippen molar-refractivity contribution in [2.75, 3.05) is 42.9 Å². The average Bonchev–Trinajstić information content (AvgIpc) is 3.29. The van der Waals surface area contributed by atoms with E-state index >= 15 is 0 Å². The van der Waals surface area contributed by atoms with Gasteiger partial charge in [0.05, 0.1) is 17.2 Å². The number of aromatic nitrogens is 4. The summed E-state index contributed by atoms with van der Waals surface area (Å²) in [5.41, 5.74) is -0.376. The third-order valence-corrected chi connectivity index (χ3v) is 5.36. The van der Waals surface area contributed by atoms with E-state index in [4.69, 9.17) is 16.0 Å². The van der Waals surface area contributed by atoms with E-state index in [0.29, 0.717) is 62.4 Å². The molecule has 0 atom stereocenters. The maximum absolute atomic E-state index is 12.6. The molecule has 1 saturated heterocycles. The van der Waals surface area contributed by atoms with Gasteiger partial charge in [0.2, 0.25) is 11.9 Å². The summed E-state index contributed by atoms with van der Waals surface area (Å²) in [6.07, 6.45) is -0.505. The molecule has 0 unspecified atom stereocenters. The van der Waals surface area contributed by atoms with E-state index < -0.39 is 11.7 Å². The van der Waals surface area contributed by atoms with Crippen molar-refractivity contribution < 1.29 is 22.4 Å². The number of anilines is 2. The second-order valence-electron chi connectivity index (χ2n) is 7.17. The predicted molar refractivity (Wildman–Crippen MR) is 110 cm³/mol. The first-order valence-corrected chi connectivity index (χ1v) is 10.3. The normalized spacial score (nSPS) is 14.8. The smallest absolute Gasteiger partial charge is 0.419 e. The highest BCUT2D eigenvalue weighted by atomic mass is 35.5. The number of hydrogen-bond acceptors (Lipinski definition) is 8. The van der Waals surface area contributed by atoms with E-state index in [0.717, 1.165) is 12.4 Å². The van der Waals surface area contributed by atoms with Crippen LogP contribution in [0.2, 0.25) is 5.15 Å². The number of carbonyl (C=O) groups is 1. The van der Waals surface area contributed by atoms with Crippen molar-refractivity contribution in [3.05, 3.63) is 35.4 Å². The number of hydrogen-bond donors (Lipinski definition) is 1. The Labute approximate surface area is 185 Å². The number of furan rings is 1. The minimum Gasteiger partial charge on any atom is -0.460 e. The van der Waals surface area contributed by atoms with Gasteiger partial charge in [-0.05, 0) is 12.5 Å². The topological polar surface area (TPSA) is 100 Å². The summed E-state index contributed by atoms with van der Waals surface area (Å²) < 4.78 is 43.3. The molecule has 0 aliphatic carbocycles. The summed E-state index contributed by atoms with van der Waals surface area (Å²) in [6, 6.07) is 1.70. The number of amides is 1. The zero-order valence-corrected chi connectivity index (χ0v) is 17.5. The van der Waals surface area contributed by atoms with Crippen LogP contribution in [0.25, 0.3) is 11.0 Å². The van der Waals surface area contributed by atoms with Crippen LogP contribution in [-0.4, -0.2) is 63.7 Å². The van der Waals surface area contributed by atoms with Crippen molar-refractivity contribution >= 4 is 40.2 Å². The zero-order valence-electron chi connectivity index (χ0n) is 16.8. The largest absolute Gasteiger partial charge is 0.460 e. The molecule has 1 aliphatic heterocycles. The van der Waals surface area contributed by atoms with E-state index in [1.54, 1.807) is 15.9 Å². The van der Waals surface area contributed by atoms with Crippen LogP contribution < -0.4 is 10.2 Å². The van der Waals surface area contributed by atoms with Crippen molar-refractivity contribution in [2.24, 2.45) is 0 Å². The molecule has 3 aromatic rings. The minimum absolute atomic E-state index is 0.00474. The number of alkyl halides is 3. The number of nitrogens with one attached hydrogen (secondary N) is 1. The summed E-state index contributed by atoms with van der Waals surface area (Å²) >= 11 is 5.97. The maximum Gasteiger partial charge on any atom is 0.419 e. The van der Waals surface area contributed by atoms with Crippen LogP contribution in [0.15, 0.2) is 29.1 Å². The lowest BCUT2D eigenvalue weighted by atomic mass is 10.2. The third kappa shape index (κ3) is 4.85. The molecule has 0 saturated carbocycles. The van der Waals surface area contributed by atoms with E-state index in [9.17, 15) is 18.0 Å². The molecule has 4 rings (SSSR count). The van der Waals surface area contributed by atoms with Gasteiger partial charge >= 0.3 is 6.18 Å². The van der Waals surface area contributed by atoms with Gasteiger partial charge in [0, 0.05) is 51.5 Å². The SMILES string of the molecule is O=C(CCCNc1nnc(Cl)c2ccoc12)N1CCN(c2ncc(C(F)(F)F)cn2)CC1. The Hall–Kier alpha value is -3.15. The van der Waals surface area contributed by atoms with Crippen molar-refractivity contribution in [3.8, 4) is 0 Å². The van der Waals surface area contributed by atoms with Crippen molar-refractivity contribution in [2.45, 2.75) is 19.0 Å². The van der Waals surface area contributed by atoms with Crippen molar-refractivity contribution in [1.82, 2.24) is 25.1 Å². The lowest BCUT2D eigenvalue weighted by Gasteiger charge is -2.34. The number of carbonyl (C=O) groups excluding carboxylic acids is 1. The lowest BCUT2D eigenvalue weighted by molar-refractivity contribution is -0.138. The van der Waals surface area contributed by atoms with Crippen LogP contribution in [0.3, 0.4) is 0 Å². The van der Waals surface area contributed by atoms with Crippen LogP contribution in [0.5, 0.6) is 0 Å². The monoisotopic (exact) mass is 469 g/mol. The number of halogens is 4. The number of rotatable bonds is 6. The highest BCUT2D eigenvalue weighted by molar-refractivity contribution is 6.34. The molecular formula is C19H19ClF3N7O2. The summed E-state index contributed by atoms with van der Waals surface area (Å²) in [5, 5.41) is 11.9. The summed E-state index contributed by atoms with van der Waals surface area (Å²) in [6.45, 7) is 2.30. The first-order valence-electron chi connectivity index (χ1n) is 9.88. The molecule has 32 heavy (non-hydrogen) atoms. The molecule has 1 amide bonds. The van der Waals surface area contributed by atoms with Gasteiger partial charge in [-0.3, -0.25) is 4.79 Å². The molecule has 1 N–H and O–H groups in total. The second kappa shape index (κ2) is 9.15. The molecule has 0 bridgehead atoms. The van der Waals surface area contributed by atoms with Crippen LogP contribution in [0, 0.1) is 0 Å². The highest BCUT2D eigenvalue weighted by Crippen LogP contribution is 2.29. The zero-order chi connectivity index (χ0) is 22.7. The molecule has 3 aromatic heterocycles. The van der Waals surface area contributed by atoms with E-state index in [1.807, 2.05) is 0 Å². The fourth-order valence-corrected chi connectivity index (χ4v) is 3.54. The molecule has 0 aromatic carbocycles. The molecule has 0 spiro atoms. The number of piperazine rings is 1.